The summed E-state index contributed by atoms with van der Waals surface area (Å²) in [5.41, 5.74) is 0. The van der Waals surface area contributed by atoms with Crippen molar-refractivity contribution in [3.05, 3.63) is 0 Å². The van der Waals surface area contributed by atoms with E-state index < -0.39 is 0 Å². The Hall–Kier alpha value is -0.590. The van der Waals surface area contributed by atoms with Crippen molar-refractivity contribution < 1.29 is 0 Å². The second-order valence-corrected chi connectivity index (χ2v) is 3.96. The van der Waals surface area contributed by atoms with Crippen molar-refractivity contribution in [1.29, 1.82) is 5.26 Å². The molecule has 13 heavy (non-hydrogen) atoms. The summed E-state index contributed by atoms with van der Waals surface area (Å²) in [6.45, 7) is 5.27. The van der Waals surface area contributed by atoms with E-state index in [2.05, 4.69) is 16.3 Å². The van der Waals surface area contributed by atoms with Crippen molar-refractivity contribution in [2.75, 3.05) is 26.7 Å². The van der Waals surface area contributed by atoms with E-state index in [1.165, 1.54) is 12.8 Å². The Kier molecular flexibility index (Phi) is 4.20. The van der Waals surface area contributed by atoms with Gasteiger partial charge in [-0.1, -0.05) is 0 Å². The van der Waals surface area contributed by atoms with E-state index in [9.17, 15) is 0 Å². The van der Waals surface area contributed by atoms with Gasteiger partial charge in [-0.2, -0.15) is 5.26 Å². The minimum Gasteiger partial charge on any atom is -0.316 e. The Labute approximate surface area is 80.7 Å². The zero-order chi connectivity index (χ0) is 9.68. The Morgan fingerprint density at radius 1 is 1.69 bits per heavy atom. The minimum absolute atomic E-state index is 0.0435. The zero-order valence-electron chi connectivity index (χ0n) is 8.58. The largest absolute Gasteiger partial charge is 0.316 e. The molecular weight excluding hydrogens is 162 g/mol. The smallest absolute Gasteiger partial charge is 0.0946 e. The minimum atomic E-state index is 0.0435. The van der Waals surface area contributed by atoms with Crippen molar-refractivity contribution in [2.45, 2.75) is 25.8 Å². The second kappa shape index (κ2) is 5.21. The summed E-state index contributed by atoms with van der Waals surface area (Å²) in [5.74, 6) is 0.731. The highest BCUT2D eigenvalue weighted by atomic mass is 15.1. The lowest BCUT2D eigenvalue weighted by atomic mass is 9.99. The Morgan fingerprint density at radius 2 is 2.46 bits per heavy atom. The molecule has 1 aliphatic heterocycles. The van der Waals surface area contributed by atoms with Crippen LogP contribution in [0.25, 0.3) is 0 Å². The predicted molar refractivity (Wildman–Crippen MR) is 53.3 cm³/mol. The van der Waals surface area contributed by atoms with Crippen LogP contribution in [-0.2, 0) is 0 Å². The van der Waals surface area contributed by atoms with Gasteiger partial charge in [0.25, 0.3) is 0 Å². The molecule has 3 heteroatoms. The third kappa shape index (κ3) is 3.33. The third-order valence-corrected chi connectivity index (χ3v) is 2.79. The molecule has 0 aromatic carbocycles. The van der Waals surface area contributed by atoms with Gasteiger partial charge in [0, 0.05) is 6.54 Å². The fourth-order valence-corrected chi connectivity index (χ4v) is 1.74. The Morgan fingerprint density at radius 3 is 3.00 bits per heavy atom. The van der Waals surface area contributed by atoms with E-state index >= 15 is 0 Å². The van der Waals surface area contributed by atoms with Crippen LogP contribution in [0.15, 0.2) is 0 Å². The number of nitriles is 1. The normalized spacial score (nSPS) is 25.5. The molecule has 74 valence electrons. The third-order valence-electron chi connectivity index (χ3n) is 2.79. The topological polar surface area (TPSA) is 39.1 Å². The summed E-state index contributed by atoms with van der Waals surface area (Å²) in [4.78, 5) is 2.14. The van der Waals surface area contributed by atoms with Crippen molar-refractivity contribution in [1.82, 2.24) is 10.2 Å². The molecule has 2 unspecified atom stereocenters. The summed E-state index contributed by atoms with van der Waals surface area (Å²) < 4.78 is 0. The van der Waals surface area contributed by atoms with Crippen LogP contribution in [0.5, 0.6) is 0 Å². The first-order valence-electron chi connectivity index (χ1n) is 5.04. The van der Waals surface area contributed by atoms with Crippen LogP contribution in [0.2, 0.25) is 0 Å². The van der Waals surface area contributed by atoms with Gasteiger partial charge in [0.05, 0.1) is 12.1 Å². The molecule has 1 aliphatic rings. The molecule has 1 N–H and O–H groups in total. The molecule has 3 nitrogen and oxygen atoms in total. The van der Waals surface area contributed by atoms with Crippen LogP contribution in [0, 0.1) is 17.2 Å². The van der Waals surface area contributed by atoms with Crippen LogP contribution in [0.3, 0.4) is 0 Å². The van der Waals surface area contributed by atoms with Crippen molar-refractivity contribution in [3.8, 4) is 6.07 Å². The molecular formula is C10H19N3. The number of hydrogen-bond acceptors (Lipinski definition) is 3. The highest BCUT2D eigenvalue weighted by Crippen LogP contribution is 2.11. The molecule has 1 saturated heterocycles. The SMILES string of the molecule is CC(C#N)N(C)CC1CCCNC1. The van der Waals surface area contributed by atoms with Gasteiger partial charge in [0.15, 0.2) is 0 Å². The molecule has 0 amide bonds. The molecule has 0 radical (unpaired) electrons. The fourth-order valence-electron chi connectivity index (χ4n) is 1.74. The second-order valence-electron chi connectivity index (χ2n) is 3.96. The molecule has 0 spiro atoms. The van der Waals surface area contributed by atoms with Gasteiger partial charge in [-0.3, -0.25) is 4.90 Å². The molecule has 0 saturated carbocycles. The number of piperidine rings is 1. The molecule has 1 heterocycles. The van der Waals surface area contributed by atoms with Crippen LogP contribution in [0.1, 0.15) is 19.8 Å². The average Bonchev–Trinajstić information content (AvgIpc) is 2.18. The fraction of sp³-hybridized carbons (Fsp3) is 0.900. The predicted octanol–water partition coefficient (Wildman–Crippen LogP) is 0.830. The summed E-state index contributed by atoms with van der Waals surface area (Å²) in [6, 6.07) is 2.30. The van der Waals surface area contributed by atoms with E-state index in [1.54, 1.807) is 0 Å². The van der Waals surface area contributed by atoms with Gasteiger partial charge < -0.3 is 5.32 Å². The summed E-state index contributed by atoms with van der Waals surface area (Å²) >= 11 is 0. The molecule has 0 aromatic rings. The number of nitrogens with one attached hydrogen (secondary N) is 1. The Balaban J connectivity index is 2.26. The number of hydrogen-bond donors (Lipinski definition) is 1. The maximum absolute atomic E-state index is 8.73. The first-order valence-corrected chi connectivity index (χ1v) is 5.04. The van der Waals surface area contributed by atoms with Crippen LogP contribution < -0.4 is 5.32 Å². The van der Waals surface area contributed by atoms with E-state index in [0.29, 0.717) is 0 Å². The Bertz CT molecular complexity index is 179. The van der Waals surface area contributed by atoms with Crippen LogP contribution in [-0.4, -0.2) is 37.6 Å². The van der Waals surface area contributed by atoms with E-state index in [1.807, 2.05) is 14.0 Å². The van der Waals surface area contributed by atoms with E-state index in [4.69, 9.17) is 5.26 Å². The zero-order valence-corrected chi connectivity index (χ0v) is 8.58. The van der Waals surface area contributed by atoms with E-state index in [-0.39, 0.29) is 6.04 Å². The molecule has 1 fully saturated rings. The average molecular weight is 181 g/mol. The maximum atomic E-state index is 8.73. The summed E-state index contributed by atoms with van der Waals surface area (Å²) in [6.07, 6.45) is 2.58. The van der Waals surface area contributed by atoms with Crippen LogP contribution >= 0.6 is 0 Å². The van der Waals surface area contributed by atoms with Gasteiger partial charge >= 0.3 is 0 Å². The molecule has 2 atom stereocenters. The standard InChI is InChI=1S/C10H19N3/c1-9(6-11)13(2)8-10-4-3-5-12-7-10/h9-10,12H,3-5,7-8H2,1-2H3. The summed E-state index contributed by atoms with van der Waals surface area (Å²) in [5, 5.41) is 12.1. The molecule has 1 rings (SSSR count). The lowest BCUT2D eigenvalue weighted by molar-refractivity contribution is 0.224. The van der Waals surface area contributed by atoms with Crippen molar-refractivity contribution >= 4 is 0 Å². The van der Waals surface area contributed by atoms with Gasteiger partial charge in [-0.25, -0.2) is 0 Å². The summed E-state index contributed by atoms with van der Waals surface area (Å²) in [7, 11) is 2.03. The quantitative estimate of drug-likeness (QED) is 0.701. The number of rotatable bonds is 3. The van der Waals surface area contributed by atoms with E-state index in [0.717, 1.165) is 25.6 Å². The first-order chi connectivity index (χ1) is 6.24. The highest BCUT2D eigenvalue weighted by Gasteiger charge is 2.17. The molecule has 0 aliphatic carbocycles. The van der Waals surface area contributed by atoms with Crippen LogP contribution in [0.4, 0.5) is 0 Å². The van der Waals surface area contributed by atoms with Gasteiger partial charge in [-0.05, 0) is 45.8 Å². The first kappa shape index (κ1) is 10.5. The number of nitrogens with zero attached hydrogens (tertiary/aromatic N) is 2. The van der Waals surface area contributed by atoms with Crippen molar-refractivity contribution in [2.24, 2.45) is 5.92 Å². The van der Waals surface area contributed by atoms with Gasteiger partial charge in [-0.15, -0.1) is 0 Å². The monoisotopic (exact) mass is 181 g/mol. The lowest BCUT2D eigenvalue weighted by Gasteiger charge is -2.28. The van der Waals surface area contributed by atoms with Gasteiger partial charge in [0.2, 0.25) is 0 Å². The van der Waals surface area contributed by atoms with Crippen molar-refractivity contribution in [3.63, 3.8) is 0 Å². The maximum Gasteiger partial charge on any atom is 0.0946 e. The molecule has 0 bridgehead atoms. The lowest BCUT2D eigenvalue weighted by Crippen LogP contribution is -2.39. The highest BCUT2D eigenvalue weighted by molar-refractivity contribution is 4.87. The molecule has 0 aromatic heterocycles. The van der Waals surface area contributed by atoms with Gasteiger partial charge in [0.1, 0.15) is 0 Å².